The van der Waals surface area contributed by atoms with E-state index in [1.54, 1.807) is 7.11 Å². The summed E-state index contributed by atoms with van der Waals surface area (Å²) in [5.41, 5.74) is 2.66. The molecule has 0 radical (unpaired) electrons. The summed E-state index contributed by atoms with van der Waals surface area (Å²) in [6, 6.07) is 4.08. The summed E-state index contributed by atoms with van der Waals surface area (Å²) in [4.78, 5) is 2.32. The van der Waals surface area contributed by atoms with Crippen molar-refractivity contribution in [3.63, 3.8) is 0 Å². The van der Waals surface area contributed by atoms with E-state index < -0.39 is 0 Å². The fourth-order valence-electron chi connectivity index (χ4n) is 2.59. The minimum Gasteiger partial charge on any atom is -0.496 e. The first kappa shape index (κ1) is 13.8. The maximum Gasteiger partial charge on any atom is 0.122 e. The lowest BCUT2D eigenvalue weighted by molar-refractivity contribution is 0.129. The summed E-state index contributed by atoms with van der Waals surface area (Å²) >= 11 is 3.63. The second-order valence-electron chi connectivity index (χ2n) is 4.86. The van der Waals surface area contributed by atoms with Crippen molar-refractivity contribution in [2.45, 2.75) is 25.9 Å². The fourth-order valence-corrected chi connectivity index (χ4v) is 3.16. The van der Waals surface area contributed by atoms with Gasteiger partial charge in [0.15, 0.2) is 0 Å². The zero-order chi connectivity index (χ0) is 13.1. The number of hydrogen-bond acceptors (Lipinski definition) is 3. The van der Waals surface area contributed by atoms with Crippen molar-refractivity contribution in [1.82, 2.24) is 4.90 Å². The van der Waals surface area contributed by atoms with Crippen LogP contribution in [-0.4, -0.2) is 42.9 Å². The van der Waals surface area contributed by atoms with Gasteiger partial charge in [0.2, 0.25) is 0 Å². The van der Waals surface area contributed by atoms with Crippen LogP contribution in [0.5, 0.6) is 5.75 Å². The molecule has 0 amide bonds. The van der Waals surface area contributed by atoms with E-state index in [1.165, 1.54) is 11.1 Å². The molecule has 1 aromatic rings. The predicted molar refractivity (Wildman–Crippen MR) is 76.2 cm³/mol. The third-order valence-electron chi connectivity index (χ3n) is 3.43. The summed E-state index contributed by atoms with van der Waals surface area (Å²) in [7, 11) is 1.72. The molecule has 0 saturated carbocycles. The fraction of sp³-hybridized carbons (Fsp3) is 0.571. The van der Waals surface area contributed by atoms with Crippen LogP contribution < -0.4 is 4.74 Å². The lowest BCUT2D eigenvalue weighted by Crippen LogP contribution is -2.33. The van der Waals surface area contributed by atoms with Gasteiger partial charge in [0.25, 0.3) is 0 Å². The SMILES string of the molecule is COc1ccc(Br)c2c1CCN(C[C@H](C)O)CC2. The lowest BCUT2D eigenvalue weighted by Gasteiger charge is -2.21. The minimum absolute atomic E-state index is 0.267. The van der Waals surface area contributed by atoms with Crippen LogP contribution in [0.4, 0.5) is 0 Å². The molecule has 0 bridgehead atoms. The number of hydrogen-bond donors (Lipinski definition) is 1. The molecule has 1 aromatic carbocycles. The number of benzene rings is 1. The molecule has 3 nitrogen and oxygen atoms in total. The molecule has 0 saturated heterocycles. The molecule has 1 aliphatic heterocycles. The molecule has 0 aromatic heterocycles. The van der Waals surface area contributed by atoms with Gasteiger partial charge in [-0.3, -0.25) is 0 Å². The van der Waals surface area contributed by atoms with E-state index in [2.05, 4.69) is 26.9 Å². The summed E-state index contributed by atoms with van der Waals surface area (Å²) < 4.78 is 6.61. The van der Waals surface area contributed by atoms with Gasteiger partial charge in [0.1, 0.15) is 5.75 Å². The highest BCUT2D eigenvalue weighted by Crippen LogP contribution is 2.31. The van der Waals surface area contributed by atoms with E-state index in [0.29, 0.717) is 0 Å². The first-order chi connectivity index (χ1) is 8.61. The Bertz CT molecular complexity index is 421. The number of β-amino-alcohol motifs (C(OH)–C–C–N with tert-alkyl or cyclic N) is 1. The molecule has 1 heterocycles. The van der Waals surface area contributed by atoms with Crippen LogP contribution in [-0.2, 0) is 12.8 Å². The summed E-state index contributed by atoms with van der Waals surface area (Å²) in [5.74, 6) is 0.979. The quantitative estimate of drug-likeness (QED) is 0.929. The van der Waals surface area contributed by atoms with Gasteiger partial charge >= 0.3 is 0 Å². The normalized spacial score (nSPS) is 18.0. The molecular weight excluding hydrogens is 294 g/mol. The van der Waals surface area contributed by atoms with Gasteiger partial charge in [-0.05, 0) is 43.0 Å². The zero-order valence-electron chi connectivity index (χ0n) is 10.9. The Morgan fingerprint density at radius 3 is 2.61 bits per heavy atom. The van der Waals surface area contributed by atoms with Crippen molar-refractivity contribution < 1.29 is 9.84 Å². The zero-order valence-corrected chi connectivity index (χ0v) is 12.5. The molecule has 0 spiro atoms. The highest BCUT2D eigenvalue weighted by atomic mass is 79.9. The number of ether oxygens (including phenoxy) is 1. The van der Waals surface area contributed by atoms with Gasteiger partial charge in [0.05, 0.1) is 13.2 Å². The Hall–Kier alpha value is -0.580. The average Bonchev–Trinajstić information content (AvgIpc) is 2.53. The number of aliphatic hydroxyl groups is 1. The molecule has 1 aliphatic rings. The van der Waals surface area contributed by atoms with Crippen LogP contribution in [0.1, 0.15) is 18.1 Å². The molecule has 0 aliphatic carbocycles. The number of rotatable bonds is 3. The Morgan fingerprint density at radius 1 is 1.33 bits per heavy atom. The van der Waals surface area contributed by atoms with Gasteiger partial charge in [0, 0.05) is 24.1 Å². The van der Waals surface area contributed by atoms with Crippen LogP contribution in [0, 0.1) is 0 Å². The van der Waals surface area contributed by atoms with E-state index in [1.807, 2.05) is 13.0 Å². The van der Waals surface area contributed by atoms with E-state index in [9.17, 15) is 5.11 Å². The van der Waals surface area contributed by atoms with Crippen LogP contribution in [0.15, 0.2) is 16.6 Å². The number of halogens is 1. The van der Waals surface area contributed by atoms with Crippen LogP contribution >= 0.6 is 15.9 Å². The number of aliphatic hydroxyl groups excluding tert-OH is 1. The van der Waals surface area contributed by atoms with Crippen LogP contribution in [0.3, 0.4) is 0 Å². The average molecular weight is 314 g/mol. The number of fused-ring (bicyclic) bond motifs is 1. The van der Waals surface area contributed by atoms with Crippen molar-refractivity contribution in [3.05, 3.63) is 27.7 Å². The first-order valence-corrected chi connectivity index (χ1v) is 7.15. The summed E-state index contributed by atoms with van der Waals surface area (Å²) in [6.45, 7) is 4.55. The molecule has 4 heteroatoms. The van der Waals surface area contributed by atoms with Crippen molar-refractivity contribution in [2.75, 3.05) is 26.7 Å². The van der Waals surface area contributed by atoms with Crippen molar-refractivity contribution in [2.24, 2.45) is 0 Å². The maximum atomic E-state index is 9.49. The molecule has 1 N–H and O–H groups in total. The molecule has 0 unspecified atom stereocenters. The second kappa shape index (κ2) is 6.04. The number of methoxy groups -OCH3 is 1. The van der Waals surface area contributed by atoms with Gasteiger partial charge in [-0.15, -0.1) is 0 Å². The van der Waals surface area contributed by atoms with Crippen molar-refractivity contribution in [1.29, 1.82) is 0 Å². The largest absolute Gasteiger partial charge is 0.496 e. The lowest BCUT2D eigenvalue weighted by atomic mass is 10.0. The summed E-state index contributed by atoms with van der Waals surface area (Å²) in [5, 5.41) is 9.49. The predicted octanol–water partition coefficient (Wildman–Crippen LogP) is 2.24. The topological polar surface area (TPSA) is 32.7 Å². The minimum atomic E-state index is -0.267. The third kappa shape index (κ3) is 3.05. The standard InChI is InChI=1S/C14H20BrNO2/c1-10(17)9-16-7-5-11-12(6-8-16)14(18-2)4-3-13(11)15/h3-4,10,17H,5-9H2,1-2H3/t10-/m0/s1. The van der Waals surface area contributed by atoms with E-state index in [0.717, 1.165) is 42.7 Å². The Morgan fingerprint density at radius 2 is 2.00 bits per heavy atom. The molecule has 1 atom stereocenters. The highest BCUT2D eigenvalue weighted by Gasteiger charge is 2.19. The third-order valence-corrected chi connectivity index (χ3v) is 4.17. The van der Waals surface area contributed by atoms with Crippen LogP contribution in [0.25, 0.3) is 0 Å². The molecular formula is C14H20BrNO2. The molecule has 2 rings (SSSR count). The Balaban J connectivity index is 2.21. The Kier molecular flexibility index (Phi) is 4.65. The Labute approximate surface area is 117 Å². The van der Waals surface area contributed by atoms with Gasteiger partial charge in [-0.2, -0.15) is 0 Å². The monoisotopic (exact) mass is 313 g/mol. The van der Waals surface area contributed by atoms with E-state index in [-0.39, 0.29) is 6.10 Å². The smallest absolute Gasteiger partial charge is 0.122 e. The van der Waals surface area contributed by atoms with Gasteiger partial charge in [-0.25, -0.2) is 0 Å². The summed E-state index contributed by atoms with van der Waals surface area (Å²) in [6.07, 6.45) is 1.71. The maximum absolute atomic E-state index is 9.49. The first-order valence-electron chi connectivity index (χ1n) is 6.36. The number of nitrogens with zero attached hydrogens (tertiary/aromatic N) is 1. The highest BCUT2D eigenvalue weighted by molar-refractivity contribution is 9.10. The van der Waals surface area contributed by atoms with Crippen LogP contribution in [0.2, 0.25) is 0 Å². The second-order valence-corrected chi connectivity index (χ2v) is 5.71. The van der Waals surface area contributed by atoms with Crippen molar-refractivity contribution >= 4 is 15.9 Å². The van der Waals surface area contributed by atoms with E-state index in [4.69, 9.17) is 4.74 Å². The van der Waals surface area contributed by atoms with Crippen molar-refractivity contribution in [3.8, 4) is 5.75 Å². The van der Waals surface area contributed by atoms with E-state index >= 15 is 0 Å². The van der Waals surface area contributed by atoms with Gasteiger partial charge in [-0.1, -0.05) is 15.9 Å². The molecule has 0 fully saturated rings. The molecule has 100 valence electrons. The van der Waals surface area contributed by atoms with Gasteiger partial charge < -0.3 is 14.7 Å². The molecule has 18 heavy (non-hydrogen) atoms.